The fraction of sp³-hybridized carbons (Fsp3) is 0.412. The summed E-state index contributed by atoms with van der Waals surface area (Å²) < 4.78 is 1.95. The number of carbonyl (C=O) groups excluding carboxylic acids is 1. The maximum atomic E-state index is 13.0. The molecule has 0 spiro atoms. The molecule has 1 heterocycles. The van der Waals surface area contributed by atoms with Gasteiger partial charge in [0.1, 0.15) is 5.82 Å². The minimum Gasteiger partial charge on any atom is -0.337 e. The molecule has 0 saturated heterocycles. The molecule has 1 saturated carbocycles. The van der Waals surface area contributed by atoms with E-state index in [0.29, 0.717) is 22.6 Å². The van der Waals surface area contributed by atoms with E-state index in [4.69, 9.17) is 23.2 Å². The zero-order chi connectivity index (χ0) is 17.3. The predicted octanol–water partition coefficient (Wildman–Crippen LogP) is 4.40. The Bertz CT molecular complexity index is 745. The Morgan fingerprint density at radius 2 is 2.21 bits per heavy atom. The second-order valence-corrected chi connectivity index (χ2v) is 8.21. The van der Waals surface area contributed by atoms with E-state index in [1.807, 2.05) is 29.6 Å². The summed E-state index contributed by atoms with van der Waals surface area (Å²) in [7, 11) is 1.95. The summed E-state index contributed by atoms with van der Waals surface area (Å²) in [5.74, 6) is 1.01. The number of halogens is 2. The normalized spacial score (nSPS) is 15.3. The van der Waals surface area contributed by atoms with Crippen LogP contribution in [0.2, 0.25) is 10.0 Å². The first-order valence-electron chi connectivity index (χ1n) is 7.84. The van der Waals surface area contributed by atoms with Gasteiger partial charge in [0.15, 0.2) is 0 Å². The Labute approximate surface area is 156 Å². The Morgan fingerprint density at radius 1 is 1.46 bits per heavy atom. The first kappa shape index (κ1) is 17.6. The molecule has 0 radical (unpaired) electrons. The SMILES string of the molecule is CC(Sc1cc(Cl)ccc1Cl)C(=O)N(Cc1nccn1C)C1CC1. The lowest BCUT2D eigenvalue weighted by molar-refractivity contribution is -0.131. The van der Waals surface area contributed by atoms with Gasteiger partial charge < -0.3 is 9.47 Å². The smallest absolute Gasteiger partial charge is 0.236 e. The fourth-order valence-corrected chi connectivity index (χ4v) is 4.00. The van der Waals surface area contributed by atoms with Crippen LogP contribution in [0.25, 0.3) is 0 Å². The lowest BCUT2D eigenvalue weighted by Crippen LogP contribution is -2.38. The highest BCUT2D eigenvalue weighted by Crippen LogP contribution is 2.35. The minimum atomic E-state index is -0.234. The van der Waals surface area contributed by atoms with E-state index < -0.39 is 0 Å². The number of nitrogens with zero attached hydrogens (tertiary/aromatic N) is 3. The molecule has 1 unspecified atom stereocenters. The minimum absolute atomic E-state index is 0.113. The van der Waals surface area contributed by atoms with Crippen molar-refractivity contribution in [3.05, 3.63) is 46.5 Å². The number of benzene rings is 1. The quantitative estimate of drug-likeness (QED) is 0.693. The van der Waals surface area contributed by atoms with Crippen molar-refractivity contribution >= 4 is 40.9 Å². The van der Waals surface area contributed by atoms with Crippen molar-refractivity contribution < 1.29 is 4.79 Å². The molecule has 24 heavy (non-hydrogen) atoms. The number of carbonyl (C=O) groups is 1. The second kappa shape index (κ2) is 7.38. The highest BCUT2D eigenvalue weighted by molar-refractivity contribution is 8.00. The van der Waals surface area contributed by atoms with E-state index in [9.17, 15) is 4.79 Å². The van der Waals surface area contributed by atoms with E-state index >= 15 is 0 Å². The zero-order valence-electron chi connectivity index (χ0n) is 13.6. The van der Waals surface area contributed by atoms with Crippen molar-refractivity contribution in [1.82, 2.24) is 14.5 Å². The standard InChI is InChI=1S/C17H19Cl2N3OS/c1-11(24-15-9-12(18)3-6-14(15)19)17(23)22(13-4-5-13)10-16-20-7-8-21(16)2/h3,6-9,11,13H,4-5,10H2,1-2H3. The predicted molar refractivity (Wildman–Crippen MR) is 98.6 cm³/mol. The number of thioether (sulfide) groups is 1. The number of rotatable bonds is 6. The highest BCUT2D eigenvalue weighted by Gasteiger charge is 2.35. The van der Waals surface area contributed by atoms with Crippen molar-refractivity contribution in [2.75, 3.05) is 0 Å². The summed E-state index contributed by atoms with van der Waals surface area (Å²) in [6.45, 7) is 2.46. The van der Waals surface area contributed by atoms with Crippen LogP contribution in [0.1, 0.15) is 25.6 Å². The van der Waals surface area contributed by atoms with Gasteiger partial charge in [0.25, 0.3) is 0 Å². The van der Waals surface area contributed by atoms with Crippen LogP contribution in [0.5, 0.6) is 0 Å². The van der Waals surface area contributed by atoms with E-state index in [-0.39, 0.29) is 11.2 Å². The lowest BCUT2D eigenvalue weighted by atomic mass is 10.3. The number of hydrogen-bond acceptors (Lipinski definition) is 3. The number of imidazole rings is 1. The van der Waals surface area contributed by atoms with Crippen LogP contribution in [0, 0.1) is 0 Å². The Morgan fingerprint density at radius 3 is 2.83 bits per heavy atom. The van der Waals surface area contributed by atoms with Gasteiger partial charge in [-0.3, -0.25) is 4.79 Å². The van der Waals surface area contributed by atoms with Gasteiger partial charge in [-0.05, 0) is 38.0 Å². The third-order valence-electron chi connectivity index (χ3n) is 4.05. The summed E-state index contributed by atoms with van der Waals surface area (Å²) in [5, 5.41) is 1.00. The molecule has 128 valence electrons. The molecule has 2 aromatic rings. The van der Waals surface area contributed by atoms with E-state index in [1.54, 1.807) is 24.4 Å². The van der Waals surface area contributed by atoms with E-state index in [2.05, 4.69) is 4.98 Å². The van der Waals surface area contributed by atoms with Crippen LogP contribution < -0.4 is 0 Å². The summed E-state index contributed by atoms with van der Waals surface area (Å²) >= 11 is 13.7. The molecule has 0 aliphatic heterocycles. The van der Waals surface area contributed by atoms with Gasteiger partial charge in [-0.1, -0.05) is 23.2 Å². The fourth-order valence-electron chi connectivity index (χ4n) is 2.52. The molecule has 1 aliphatic carbocycles. The van der Waals surface area contributed by atoms with Gasteiger partial charge in [0.2, 0.25) is 5.91 Å². The van der Waals surface area contributed by atoms with E-state index in [0.717, 1.165) is 23.6 Å². The first-order chi connectivity index (χ1) is 11.5. The molecular weight excluding hydrogens is 365 g/mol. The second-order valence-electron chi connectivity index (χ2n) is 5.99. The average Bonchev–Trinajstić information content (AvgIpc) is 3.31. The maximum Gasteiger partial charge on any atom is 0.236 e. The molecule has 0 N–H and O–H groups in total. The molecule has 1 atom stereocenters. The van der Waals surface area contributed by atoms with Crippen molar-refractivity contribution in [2.45, 2.75) is 42.5 Å². The Kier molecular flexibility index (Phi) is 5.42. The van der Waals surface area contributed by atoms with E-state index in [1.165, 1.54) is 11.8 Å². The molecule has 7 heteroatoms. The van der Waals surface area contributed by atoms with Gasteiger partial charge in [0.05, 0.1) is 16.8 Å². The molecule has 0 bridgehead atoms. The number of aryl methyl sites for hydroxylation is 1. The summed E-state index contributed by atoms with van der Waals surface area (Å²) in [4.78, 5) is 20.1. The number of amides is 1. The van der Waals surface area contributed by atoms with Crippen molar-refractivity contribution in [3.63, 3.8) is 0 Å². The largest absolute Gasteiger partial charge is 0.337 e. The van der Waals surface area contributed by atoms with Gasteiger partial charge in [-0.25, -0.2) is 4.98 Å². The average molecular weight is 384 g/mol. The molecular formula is C17H19Cl2N3OS. The van der Waals surface area contributed by atoms with Crippen LogP contribution in [0.3, 0.4) is 0 Å². The third kappa shape index (κ3) is 4.08. The summed E-state index contributed by atoms with van der Waals surface area (Å²) in [6.07, 6.45) is 5.78. The molecule has 3 rings (SSSR count). The Hall–Kier alpha value is -1.17. The number of hydrogen-bond donors (Lipinski definition) is 0. The topological polar surface area (TPSA) is 38.1 Å². The monoisotopic (exact) mass is 383 g/mol. The summed E-state index contributed by atoms with van der Waals surface area (Å²) in [6, 6.07) is 5.64. The molecule has 4 nitrogen and oxygen atoms in total. The van der Waals surface area contributed by atoms with Crippen LogP contribution in [0.15, 0.2) is 35.5 Å². The van der Waals surface area contributed by atoms with Crippen LogP contribution in [-0.4, -0.2) is 31.6 Å². The summed E-state index contributed by atoms with van der Waals surface area (Å²) in [5.41, 5.74) is 0. The maximum absolute atomic E-state index is 13.0. The van der Waals surface area contributed by atoms with Gasteiger partial charge in [-0.2, -0.15) is 0 Å². The zero-order valence-corrected chi connectivity index (χ0v) is 15.9. The van der Waals surface area contributed by atoms with Gasteiger partial charge in [0, 0.05) is 35.4 Å². The molecule has 1 aliphatic rings. The van der Waals surface area contributed by atoms with Crippen LogP contribution >= 0.6 is 35.0 Å². The lowest BCUT2D eigenvalue weighted by Gasteiger charge is -2.25. The Balaban J connectivity index is 1.72. The van der Waals surface area contributed by atoms with Crippen molar-refractivity contribution in [3.8, 4) is 0 Å². The van der Waals surface area contributed by atoms with Crippen LogP contribution in [0.4, 0.5) is 0 Å². The van der Waals surface area contributed by atoms with Gasteiger partial charge >= 0.3 is 0 Å². The molecule has 1 aromatic carbocycles. The van der Waals surface area contributed by atoms with Crippen molar-refractivity contribution in [2.24, 2.45) is 7.05 Å². The van der Waals surface area contributed by atoms with Gasteiger partial charge in [-0.15, -0.1) is 11.8 Å². The molecule has 1 amide bonds. The number of aromatic nitrogens is 2. The van der Waals surface area contributed by atoms with Crippen molar-refractivity contribution in [1.29, 1.82) is 0 Å². The highest BCUT2D eigenvalue weighted by atomic mass is 35.5. The third-order valence-corrected chi connectivity index (χ3v) is 5.87. The molecule has 1 aromatic heterocycles. The van der Waals surface area contributed by atoms with Crippen LogP contribution in [-0.2, 0) is 18.4 Å². The first-order valence-corrected chi connectivity index (χ1v) is 9.47. The molecule has 1 fully saturated rings.